The lowest BCUT2D eigenvalue weighted by molar-refractivity contribution is 0.387. The molecular weight excluding hydrogens is 166 g/mol. The van der Waals surface area contributed by atoms with Gasteiger partial charge in [0.15, 0.2) is 0 Å². The molecule has 0 spiro atoms. The van der Waals surface area contributed by atoms with Crippen LogP contribution < -0.4 is 0 Å². The van der Waals surface area contributed by atoms with Gasteiger partial charge in [-0.15, -0.1) is 0 Å². The summed E-state index contributed by atoms with van der Waals surface area (Å²) < 4.78 is 0. The maximum absolute atomic E-state index is 8.89. The smallest absolute Gasteiger partial charge is 0.0686 e. The predicted octanol–water partition coefficient (Wildman–Crippen LogP) is 3.46. The lowest BCUT2D eigenvalue weighted by Crippen LogP contribution is -2.12. The van der Waals surface area contributed by atoms with Gasteiger partial charge in [0.2, 0.25) is 0 Å². The molecule has 12 heavy (non-hydrogen) atoms. The zero-order valence-electron chi connectivity index (χ0n) is 8.39. The van der Waals surface area contributed by atoms with E-state index in [1.54, 1.807) is 0 Å². The Morgan fingerprint density at radius 2 is 2.08 bits per heavy atom. The van der Waals surface area contributed by atoms with Gasteiger partial charge < -0.3 is 0 Å². The van der Waals surface area contributed by atoms with E-state index in [0.29, 0.717) is 0 Å². The zero-order chi connectivity index (χ0) is 9.45. The summed E-state index contributed by atoms with van der Waals surface area (Å²) in [6.07, 6.45) is 3.20. The molecule has 0 radical (unpaired) electrons. The Morgan fingerprint density at radius 1 is 1.42 bits per heavy atom. The summed E-state index contributed by atoms with van der Waals surface area (Å²) in [6, 6.07) is 2.40. The fourth-order valence-electron chi connectivity index (χ4n) is 1.02. The van der Waals surface area contributed by atoms with E-state index in [-0.39, 0.29) is 5.41 Å². The molecule has 0 aliphatic rings. The molecule has 0 aromatic heterocycles. The minimum Gasteiger partial charge on any atom is -0.198 e. The van der Waals surface area contributed by atoms with Crippen molar-refractivity contribution in [3.8, 4) is 6.07 Å². The van der Waals surface area contributed by atoms with E-state index in [4.69, 9.17) is 5.26 Å². The number of thioether (sulfide) groups is 1. The fraction of sp³-hybridized carbons (Fsp3) is 0.900. The SMILES string of the molecule is CCSCCCC(C)(C#N)CC. The van der Waals surface area contributed by atoms with Gasteiger partial charge >= 0.3 is 0 Å². The third-order valence-corrected chi connectivity index (χ3v) is 3.26. The summed E-state index contributed by atoms with van der Waals surface area (Å²) >= 11 is 1.96. The first-order valence-electron chi connectivity index (χ1n) is 4.67. The highest BCUT2D eigenvalue weighted by atomic mass is 32.2. The van der Waals surface area contributed by atoms with Crippen LogP contribution in [-0.2, 0) is 0 Å². The molecule has 0 heterocycles. The highest BCUT2D eigenvalue weighted by molar-refractivity contribution is 7.99. The van der Waals surface area contributed by atoms with E-state index < -0.39 is 0 Å². The molecule has 1 nitrogen and oxygen atoms in total. The summed E-state index contributed by atoms with van der Waals surface area (Å²) in [5.41, 5.74) is -0.0751. The molecule has 0 bridgehead atoms. The van der Waals surface area contributed by atoms with Crippen molar-refractivity contribution >= 4 is 11.8 Å². The number of rotatable bonds is 6. The maximum Gasteiger partial charge on any atom is 0.0686 e. The van der Waals surface area contributed by atoms with Crippen molar-refractivity contribution in [2.45, 2.75) is 40.0 Å². The summed E-state index contributed by atoms with van der Waals surface area (Å²) in [5, 5.41) is 8.89. The Morgan fingerprint density at radius 3 is 2.50 bits per heavy atom. The molecule has 0 aliphatic carbocycles. The quantitative estimate of drug-likeness (QED) is 0.592. The normalized spacial score (nSPS) is 15.2. The van der Waals surface area contributed by atoms with E-state index in [9.17, 15) is 0 Å². The van der Waals surface area contributed by atoms with Crippen LogP contribution in [0.15, 0.2) is 0 Å². The highest BCUT2D eigenvalue weighted by Gasteiger charge is 2.19. The molecule has 0 amide bonds. The van der Waals surface area contributed by atoms with Crippen molar-refractivity contribution in [3.05, 3.63) is 0 Å². The van der Waals surface area contributed by atoms with Gasteiger partial charge in [0, 0.05) is 0 Å². The fourth-order valence-corrected chi connectivity index (χ4v) is 1.66. The van der Waals surface area contributed by atoms with Crippen molar-refractivity contribution in [2.75, 3.05) is 11.5 Å². The summed E-state index contributed by atoms with van der Waals surface area (Å²) in [5.74, 6) is 2.39. The van der Waals surface area contributed by atoms with Crippen LogP contribution in [-0.4, -0.2) is 11.5 Å². The topological polar surface area (TPSA) is 23.8 Å². The number of hydrogen-bond acceptors (Lipinski definition) is 2. The Bertz CT molecular complexity index is 150. The van der Waals surface area contributed by atoms with Crippen LogP contribution in [0.2, 0.25) is 0 Å². The first kappa shape index (κ1) is 11.8. The Balaban J connectivity index is 3.54. The molecule has 0 saturated carbocycles. The monoisotopic (exact) mass is 185 g/mol. The van der Waals surface area contributed by atoms with Crippen molar-refractivity contribution in [3.63, 3.8) is 0 Å². The molecule has 1 unspecified atom stereocenters. The predicted molar refractivity (Wildman–Crippen MR) is 56.2 cm³/mol. The minimum atomic E-state index is -0.0751. The summed E-state index contributed by atoms with van der Waals surface area (Å²) in [6.45, 7) is 6.33. The third kappa shape index (κ3) is 4.66. The van der Waals surface area contributed by atoms with Gasteiger partial charge in [0.05, 0.1) is 11.5 Å². The van der Waals surface area contributed by atoms with E-state index >= 15 is 0 Å². The summed E-state index contributed by atoms with van der Waals surface area (Å²) in [7, 11) is 0. The lowest BCUT2D eigenvalue weighted by Gasteiger charge is -2.18. The molecule has 70 valence electrons. The second kappa shape index (κ2) is 6.37. The molecule has 0 N–H and O–H groups in total. The molecule has 1 atom stereocenters. The molecular formula is C10H19NS. The molecule has 2 heteroatoms. The Kier molecular flexibility index (Phi) is 6.28. The number of hydrogen-bond donors (Lipinski definition) is 0. The standard InChI is InChI=1S/C10H19NS/c1-4-10(3,9-11)7-6-8-12-5-2/h4-8H2,1-3H3. The lowest BCUT2D eigenvalue weighted by atomic mass is 9.85. The van der Waals surface area contributed by atoms with E-state index in [1.165, 1.54) is 17.9 Å². The van der Waals surface area contributed by atoms with E-state index in [0.717, 1.165) is 12.8 Å². The molecule has 0 fully saturated rings. The van der Waals surface area contributed by atoms with E-state index in [2.05, 4.69) is 26.8 Å². The van der Waals surface area contributed by atoms with Crippen molar-refractivity contribution in [1.29, 1.82) is 5.26 Å². The molecule has 0 aliphatic heterocycles. The summed E-state index contributed by atoms with van der Waals surface area (Å²) in [4.78, 5) is 0. The number of nitrogens with zero attached hydrogens (tertiary/aromatic N) is 1. The Hall–Kier alpha value is -0.160. The van der Waals surface area contributed by atoms with Gasteiger partial charge in [-0.2, -0.15) is 17.0 Å². The Labute approximate surface area is 80.5 Å². The first-order valence-corrected chi connectivity index (χ1v) is 5.83. The van der Waals surface area contributed by atoms with Crippen molar-refractivity contribution < 1.29 is 0 Å². The molecule has 0 aromatic rings. The van der Waals surface area contributed by atoms with Crippen LogP contribution in [0.1, 0.15) is 40.0 Å². The third-order valence-electron chi connectivity index (χ3n) is 2.27. The highest BCUT2D eigenvalue weighted by Crippen LogP contribution is 2.26. The van der Waals surface area contributed by atoms with Crippen LogP contribution in [0, 0.1) is 16.7 Å². The zero-order valence-corrected chi connectivity index (χ0v) is 9.21. The van der Waals surface area contributed by atoms with E-state index in [1.807, 2.05) is 11.8 Å². The van der Waals surface area contributed by atoms with Crippen LogP contribution in [0.5, 0.6) is 0 Å². The second-order valence-corrected chi connectivity index (χ2v) is 4.72. The second-order valence-electron chi connectivity index (χ2n) is 3.33. The molecule has 0 rings (SSSR count). The van der Waals surface area contributed by atoms with Crippen LogP contribution in [0.4, 0.5) is 0 Å². The van der Waals surface area contributed by atoms with Crippen LogP contribution in [0.3, 0.4) is 0 Å². The molecule has 0 saturated heterocycles. The maximum atomic E-state index is 8.89. The average molecular weight is 185 g/mol. The van der Waals surface area contributed by atoms with Crippen molar-refractivity contribution in [1.82, 2.24) is 0 Å². The first-order chi connectivity index (χ1) is 5.68. The van der Waals surface area contributed by atoms with Gasteiger partial charge in [-0.3, -0.25) is 0 Å². The van der Waals surface area contributed by atoms with Crippen molar-refractivity contribution in [2.24, 2.45) is 5.41 Å². The largest absolute Gasteiger partial charge is 0.198 e. The van der Waals surface area contributed by atoms with Gasteiger partial charge in [0.1, 0.15) is 0 Å². The number of nitriles is 1. The van der Waals surface area contributed by atoms with Gasteiger partial charge in [0.25, 0.3) is 0 Å². The molecule has 0 aromatic carbocycles. The van der Waals surface area contributed by atoms with Crippen LogP contribution >= 0.6 is 11.8 Å². The van der Waals surface area contributed by atoms with Gasteiger partial charge in [-0.1, -0.05) is 13.8 Å². The van der Waals surface area contributed by atoms with Gasteiger partial charge in [-0.05, 0) is 37.7 Å². The van der Waals surface area contributed by atoms with Gasteiger partial charge in [-0.25, -0.2) is 0 Å². The van der Waals surface area contributed by atoms with Crippen LogP contribution in [0.25, 0.3) is 0 Å². The minimum absolute atomic E-state index is 0.0751. The average Bonchev–Trinajstić information content (AvgIpc) is 2.12.